The summed E-state index contributed by atoms with van der Waals surface area (Å²) in [5.74, 6) is 0.308. The fourth-order valence-electron chi connectivity index (χ4n) is 1.51. The highest BCUT2D eigenvalue weighted by Crippen LogP contribution is 2.24. The van der Waals surface area contributed by atoms with Crippen LogP contribution in [-0.4, -0.2) is 18.4 Å². The lowest BCUT2D eigenvalue weighted by molar-refractivity contribution is 0.112. The molecule has 0 aliphatic carbocycles. The number of halogens is 1. The van der Waals surface area contributed by atoms with Crippen LogP contribution in [0.3, 0.4) is 0 Å². The Hall–Kier alpha value is -1.75. The average molecular weight is 251 g/mol. The zero-order valence-electron chi connectivity index (χ0n) is 9.14. The SMILES string of the molecule is COc1ccc(F)cc1Cc1ncc(C=O)s1. The second-order valence-corrected chi connectivity index (χ2v) is 4.55. The second-order valence-electron chi connectivity index (χ2n) is 3.41. The molecular formula is C12H10FNO2S. The van der Waals surface area contributed by atoms with E-state index in [-0.39, 0.29) is 5.82 Å². The molecule has 0 saturated carbocycles. The van der Waals surface area contributed by atoms with E-state index in [1.807, 2.05) is 0 Å². The van der Waals surface area contributed by atoms with Crippen LogP contribution in [0.4, 0.5) is 4.39 Å². The van der Waals surface area contributed by atoms with Crippen molar-refractivity contribution in [2.24, 2.45) is 0 Å². The first-order valence-electron chi connectivity index (χ1n) is 4.95. The highest BCUT2D eigenvalue weighted by atomic mass is 32.1. The third-order valence-electron chi connectivity index (χ3n) is 2.27. The van der Waals surface area contributed by atoms with Crippen LogP contribution in [0.25, 0.3) is 0 Å². The fraction of sp³-hybridized carbons (Fsp3) is 0.167. The molecule has 0 fully saturated rings. The molecule has 17 heavy (non-hydrogen) atoms. The smallest absolute Gasteiger partial charge is 0.161 e. The number of benzene rings is 1. The number of carbonyl (C=O) groups is 1. The van der Waals surface area contributed by atoms with Gasteiger partial charge in [0.05, 0.1) is 17.0 Å². The summed E-state index contributed by atoms with van der Waals surface area (Å²) in [6.07, 6.45) is 2.72. The highest BCUT2D eigenvalue weighted by Gasteiger charge is 2.08. The Morgan fingerprint density at radius 2 is 2.35 bits per heavy atom. The number of thiazole rings is 1. The standard InChI is InChI=1S/C12H10FNO2S/c1-16-11-3-2-9(13)4-8(11)5-12-14-6-10(7-15)17-12/h2-4,6-7H,5H2,1H3. The third-order valence-corrected chi connectivity index (χ3v) is 3.19. The predicted molar refractivity (Wildman–Crippen MR) is 63.3 cm³/mol. The maximum absolute atomic E-state index is 13.1. The van der Waals surface area contributed by atoms with E-state index in [9.17, 15) is 9.18 Å². The van der Waals surface area contributed by atoms with Gasteiger partial charge in [0.15, 0.2) is 6.29 Å². The van der Waals surface area contributed by atoms with Gasteiger partial charge >= 0.3 is 0 Å². The van der Waals surface area contributed by atoms with Crippen molar-refractivity contribution in [1.29, 1.82) is 0 Å². The molecule has 0 N–H and O–H groups in total. The van der Waals surface area contributed by atoms with Crippen LogP contribution in [0.5, 0.6) is 5.75 Å². The average Bonchev–Trinajstić information content (AvgIpc) is 2.77. The molecule has 88 valence electrons. The molecule has 0 spiro atoms. The summed E-state index contributed by atoms with van der Waals surface area (Å²) in [5.41, 5.74) is 0.722. The summed E-state index contributed by atoms with van der Waals surface area (Å²) < 4.78 is 18.3. The monoisotopic (exact) mass is 251 g/mol. The lowest BCUT2D eigenvalue weighted by Crippen LogP contribution is -1.94. The Labute approximate surface area is 102 Å². The Balaban J connectivity index is 2.28. The minimum absolute atomic E-state index is 0.312. The molecule has 1 aromatic heterocycles. The number of hydrogen-bond acceptors (Lipinski definition) is 4. The summed E-state index contributed by atoms with van der Waals surface area (Å²) in [6.45, 7) is 0. The molecule has 0 unspecified atom stereocenters. The molecule has 0 aliphatic heterocycles. The van der Waals surface area contributed by atoms with E-state index in [0.717, 1.165) is 16.9 Å². The fourth-order valence-corrected chi connectivity index (χ4v) is 2.27. The Morgan fingerprint density at radius 1 is 1.53 bits per heavy atom. The van der Waals surface area contributed by atoms with E-state index in [0.29, 0.717) is 17.0 Å². The van der Waals surface area contributed by atoms with Gasteiger partial charge in [-0.25, -0.2) is 9.37 Å². The maximum Gasteiger partial charge on any atom is 0.161 e. The van der Waals surface area contributed by atoms with Gasteiger partial charge in [-0.05, 0) is 18.2 Å². The lowest BCUT2D eigenvalue weighted by atomic mass is 10.1. The number of ether oxygens (including phenoxy) is 1. The molecule has 3 nitrogen and oxygen atoms in total. The van der Waals surface area contributed by atoms with Crippen molar-refractivity contribution in [1.82, 2.24) is 4.98 Å². The van der Waals surface area contributed by atoms with Crippen LogP contribution in [0.1, 0.15) is 20.2 Å². The molecule has 0 radical (unpaired) electrons. The van der Waals surface area contributed by atoms with Crippen LogP contribution in [-0.2, 0) is 6.42 Å². The Bertz CT molecular complexity index is 539. The molecule has 0 saturated heterocycles. The molecule has 5 heteroatoms. The molecule has 1 heterocycles. The molecule has 2 rings (SSSR count). The van der Waals surface area contributed by atoms with Gasteiger partial charge < -0.3 is 4.74 Å². The van der Waals surface area contributed by atoms with Gasteiger partial charge in [-0.1, -0.05) is 0 Å². The number of carbonyl (C=O) groups excluding carboxylic acids is 1. The van der Waals surface area contributed by atoms with Crippen molar-refractivity contribution >= 4 is 17.6 Å². The van der Waals surface area contributed by atoms with E-state index in [2.05, 4.69) is 4.98 Å². The zero-order valence-corrected chi connectivity index (χ0v) is 9.96. The zero-order chi connectivity index (χ0) is 12.3. The molecule has 0 atom stereocenters. The summed E-state index contributed by atoms with van der Waals surface area (Å²) in [7, 11) is 1.54. The maximum atomic E-state index is 13.1. The number of hydrogen-bond donors (Lipinski definition) is 0. The number of methoxy groups -OCH3 is 1. The topological polar surface area (TPSA) is 39.2 Å². The van der Waals surface area contributed by atoms with Crippen molar-refractivity contribution in [2.45, 2.75) is 6.42 Å². The molecule has 0 bridgehead atoms. The van der Waals surface area contributed by atoms with Crippen molar-refractivity contribution in [3.8, 4) is 5.75 Å². The summed E-state index contributed by atoms with van der Waals surface area (Å²) in [5, 5.41) is 0.760. The lowest BCUT2D eigenvalue weighted by Gasteiger charge is -2.06. The molecular weight excluding hydrogens is 241 g/mol. The Morgan fingerprint density at radius 3 is 3.00 bits per heavy atom. The molecule has 0 aliphatic rings. The number of aromatic nitrogens is 1. The van der Waals surface area contributed by atoms with Crippen LogP contribution in [0, 0.1) is 5.82 Å². The summed E-state index contributed by atoms with van der Waals surface area (Å²) in [6, 6.07) is 4.35. The van der Waals surface area contributed by atoms with Gasteiger partial charge in [0, 0.05) is 18.2 Å². The van der Waals surface area contributed by atoms with E-state index >= 15 is 0 Å². The summed E-state index contributed by atoms with van der Waals surface area (Å²) in [4.78, 5) is 15.2. The van der Waals surface area contributed by atoms with Crippen LogP contribution in [0.15, 0.2) is 24.4 Å². The van der Waals surface area contributed by atoms with Gasteiger partial charge in [-0.2, -0.15) is 0 Å². The normalized spacial score (nSPS) is 10.2. The summed E-state index contributed by atoms with van der Waals surface area (Å²) >= 11 is 1.30. The first-order chi connectivity index (χ1) is 8.22. The molecule has 2 aromatic rings. The van der Waals surface area contributed by atoms with Gasteiger partial charge in [0.2, 0.25) is 0 Å². The van der Waals surface area contributed by atoms with Gasteiger partial charge in [-0.3, -0.25) is 4.79 Å². The van der Waals surface area contributed by atoms with Crippen molar-refractivity contribution in [3.63, 3.8) is 0 Å². The third kappa shape index (κ3) is 2.68. The number of nitrogens with zero attached hydrogens (tertiary/aromatic N) is 1. The minimum atomic E-state index is -0.312. The number of rotatable bonds is 4. The Kier molecular flexibility index (Phi) is 3.49. The van der Waals surface area contributed by atoms with Crippen LogP contribution in [0.2, 0.25) is 0 Å². The van der Waals surface area contributed by atoms with Crippen LogP contribution < -0.4 is 4.74 Å². The van der Waals surface area contributed by atoms with E-state index in [4.69, 9.17) is 4.74 Å². The van der Waals surface area contributed by atoms with E-state index in [1.165, 1.54) is 36.8 Å². The van der Waals surface area contributed by atoms with Crippen molar-refractivity contribution < 1.29 is 13.9 Å². The van der Waals surface area contributed by atoms with Crippen LogP contribution >= 0.6 is 11.3 Å². The van der Waals surface area contributed by atoms with Crippen molar-refractivity contribution in [3.05, 3.63) is 45.7 Å². The minimum Gasteiger partial charge on any atom is -0.496 e. The molecule has 0 amide bonds. The largest absolute Gasteiger partial charge is 0.496 e. The second kappa shape index (κ2) is 5.05. The highest BCUT2D eigenvalue weighted by molar-refractivity contribution is 7.13. The van der Waals surface area contributed by atoms with E-state index < -0.39 is 0 Å². The predicted octanol–water partition coefficient (Wildman–Crippen LogP) is 2.69. The van der Waals surface area contributed by atoms with Gasteiger partial charge in [0.1, 0.15) is 11.6 Å². The first kappa shape index (κ1) is 11.7. The number of aldehydes is 1. The van der Waals surface area contributed by atoms with Gasteiger partial charge in [-0.15, -0.1) is 11.3 Å². The van der Waals surface area contributed by atoms with E-state index in [1.54, 1.807) is 6.07 Å². The van der Waals surface area contributed by atoms with Gasteiger partial charge in [0.25, 0.3) is 0 Å². The first-order valence-corrected chi connectivity index (χ1v) is 5.77. The van der Waals surface area contributed by atoms with Crippen molar-refractivity contribution in [2.75, 3.05) is 7.11 Å². The molecule has 1 aromatic carbocycles. The quantitative estimate of drug-likeness (QED) is 0.784.